The van der Waals surface area contributed by atoms with Crippen LogP contribution in [0.15, 0.2) is 23.8 Å². The Bertz CT molecular complexity index is 649. The summed E-state index contributed by atoms with van der Waals surface area (Å²) in [5.41, 5.74) is 0.633. The van der Waals surface area contributed by atoms with Crippen LogP contribution in [0.4, 0.5) is 0 Å². The van der Waals surface area contributed by atoms with Crippen molar-refractivity contribution in [2.75, 3.05) is 7.11 Å². The molecule has 0 amide bonds. The number of hydrogen-bond acceptors (Lipinski definition) is 4. The molecule has 0 fully saturated rings. The van der Waals surface area contributed by atoms with E-state index in [1.807, 2.05) is 13.0 Å². The van der Waals surface area contributed by atoms with E-state index >= 15 is 0 Å². The van der Waals surface area contributed by atoms with Gasteiger partial charge < -0.3 is 9.84 Å². The first kappa shape index (κ1) is 12.8. The number of ketones is 1. The van der Waals surface area contributed by atoms with E-state index in [9.17, 15) is 14.7 Å². The molecule has 20 heavy (non-hydrogen) atoms. The molecule has 1 aromatic rings. The summed E-state index contributed by atoms with van der Waals surface area (Å²) in [6.45, 7) is 1.87. The average molecular weight is 273 g/mol. The summed E-state index contributed by atoms with van der Waals surface area (Å²) in [4.78, 5) is 28.7. The molecule has 3 rings (SSSR count). The van der Waals surface area contributed by atoms with Crippen LogP contribution in [-0.2, 0) is 21.4 Å². The van der Waals surface area contributed by atoms with Crippen molar-refractivity contribution in [3.8, 4) is 5.88 Å². The average Bonchev–Trinajstić information content (AvgIpc) is 2.40. The standard InChI is InChI=1S/C15H15NO4/c1-8-5-9-6-11-10(3-4-12(16-11)20-2)15(7-8,13(9)17)14(18)19/h3-5,9H,6-7H2,1-2H3,(H,18,19)/t9-,15-/m0/s1. The molecule has 104 valence electrons. The molecule has 1 aromatic heterocycles. The highest BCUT2D eigenvalue weighted by atomic mass is 16.5. The monoisotopic (exact) mass is 273 g/mol. The highest BCUT2D eigenvalue weighted by Crippen LogP contribution is 2.45. The first-order chi connectivity index (χ1) is 9.49. The number of carboxylic acid groups (broad SMARTS) is 1. The number of methoxy groups -OCH3 is 1. The number of fused-ring (bicyclic) bond motifs is 4. The van der Waals surface area contributed by atoms with Crippen molar-refractivity contribution < 1.29 is 19.4 Å². The van der Waals surface area contributed by atoms with Gasteiger partial charge in [-0.25, -0.2) is 4.98 Å². The molecule has 2 aliphatic rings. The van der Waals surface area contributed by atoms with E-state index in [2.05, 4.69) is 4.98 Å². The lowest BCUT2D eigenvalue weighted by molar-refractivity contribution is -0.151. The van der Waals surface area contributed by atoms with Gasteiger partial charge in [0.25, 0.3) is 0 Å². The lowest BCUT2D eigenvalue weighted by atomic mass is 9.60. The third-order valence-corrected chi connectivity index (χ3v) is 4.18. The fourth-order valence-electron chi connectivity index (χ4n) is 3.32. The van der Waals surface area contributed by atoms with Gasteiger partial charge in [-0.3, -0.25) is 9.59 Å². The van der Waals surface area contributed by atoms with Gasteiger partial charge in [0.2, 0.25) is 5.88 Å². The molecule has 1 N–H and O–H groups in total. The number of rotatable bonds is 2. The molecule has 0 aliphatic heterocycles. The van der Waals surface area contributed by atoms with Gasteiger partial charge in [-0.15, -0.1) is 0 Å². The van der Waals surface area contributed by atoms with Crippen LogP contribution in [0.1, 0.15) is 24.6 Å². The van der Waals surface area contributed by atoms with Crippen molar-refractivity contribution in [3.63, 3.8) is 0 Å². The van der Waals surface area contributed by atoms with E-state index in [1.165, 1.54) is 7.11 Å². The van der Waals surface area contributed by atoms with Crippen molar-refractivity contribution in [1.29, 1.82) is 0 Å². The second kappa shape index (κ2) is 4.16. The van der Waals surface area contributed by atoms with Gasteiger partial charge in [0.1, 0.15) is 0 Å². The van der Waals surface area contributed by atoms with E-state index in [0.717, 1.165) is 5.57 Å². The zero-order valence-corrected chi connectivity index (χ0v) is 11.3. The Morgan fingerprint density at radius 1 is 1.50 bits per heavy atom. The van der Waals surface area contributed by atoms with Crippen LogP contribution in [0.3, 0.4) is 0 Å². The second-order valence-corrected chi connectivity index (χ2v) is 5.42. The fourth-order valence-corrected chi connectivity index (χ4v) is 3.32. The number of nitrogens with zero attached hydrogens (tertiary/aromatic N) is 1. The largest absolute Gasteiger partial charge is 0.481 e. The quantitative estimate of drug-likeness (QED) is 0.653. The molecule has 2 bridgehead atoms. The molecule has 2 atom stereocenters. The summed E-state index contributed by atoms with van der Waals surface area (Å²) in [6.07, 6.45) is 2.53. The van der Waals surface area contributed by atoms with Gasteiger partial charge in [-0.05, 0) is 18.9 Å². The van der Waals surface area contributed by atoms with E-state index in [1.54, 1.807) is 12.1 Å². The number of Topliss-reactive ketones (excluding diaryl/α,β-unsaturated/α-hetero) is 1. The number of aliphatic carboxylic acids is 1. The Kier molecular flexibility index (Phi) is 2.67. The van der Waals surface area contributed by atoms with Crippen molar-refractivity contribution in [3.05, 3.63) is 35.0 Å². The Hall–Kier alpha value is -2.17. The number of aromatic nitrogens is 1. The Labute approximate surface area is 116 Å². The Balaban J connectivity index is 2.26. The van der Waals surface area contributed by atoms with Crippen LogP contribution in [0.2, 0.25) is 0 Å². The minimum atomic E-state index is -1.48. The van der Waals surface area contributed by atoms with Crippen LogP contribution in [0, 0.1) is 5.92 Å². The Morgan fingerprint density at radius 3 is 2.90 bits per heavy atom. The fraction of sp³-hybridized carbons (Fsp3) is 0.400. The summed E-state index contributed by atoms with van der Waals surface area (Å²) in [5, 5.41) is 9.69. The zero-order chi connectivity index (χ0) is 14.5. The SMILES string of the molecule is COc1ccc2c(n1)C[C@@H]1C=C(C)C[C@@]2(C(=O)O)C1=O. The van der Waals surface area contributed by atoms with Gasteiger partial charge in [0.15, 0.2) is 11.2 Å². The van der Waals surface area contributed by atoms with E-state index < -0.39 is 17.3 Å². The van der Waals surface area contributed by atoms with Gasteiger partial charge in [0.05, 0.1) is 12.8 Å². The van der Waals surface area contributed by atoms with Gasteiger partial charge in [-0.2, -0.15) is 0 Å². The van der Waals surface area contributed by atoms with Gasteiger partial charge in [-0.1, -0.05) is 17.7 Å². The first-order valence-corrected chi connectivity index (χ1v) is 6.48. The van der Waals surface area contributed by atoms with Gasteiger partial charge >= 0.3 is 5.97 Å². The van der Waals surface area contributed by atoms with Crippen molar-refractivity contribution >= 4 is 11.8 Å². The third kappa shape index (κ3) is 1.52. The first-order valence-electron chi connectivity index (χ1n) is 6.48. The lowest BCUT2D eigenvalue weighted by Crippen LogP contribution is -2.52. The van der Waals surface area contributed by atoms with Crippen molar-refractivity contribution in [2.24, 2.45) is 5.92 Å². The number of hydrogen-bond donors (Lipinski definition) is 1. The van der Waals surface area contributed by atoms with E-state index in [4.69, 9.17) is 4.74 Å². The summed E-state index contributed by atoms with van der Waals surface area (Å²) < 4.78 is 5.08. The number of carboxylic acids is 1. The molecule has 0 unspecified atom stereocenters. The maximum atomic E-state index is 12.5. The smallest absolute Gasteiger partial charge is 0.322 e. The second-order valence-electron chi connectivity index (χ2n) is 5.42. The third-order valence-electron chi connectivity index (χ3n) is 4.18. The summed E-state index contributed by atoms with van der Waals surface area (Å²) in [6, 6.07) is 3.28. The molecule has 1 heterocycles. The molecule has 0 spiro atoms. The summed E-state index contributed by atoms with van der Waals surface area (Å²) in [5.74, 6) is -1.27. The molecular weight excluding hydrogens is 258 g/mol. The molecule has 0 saturated carbocycles. The Morgan fingerprint density at radius 2 is 2.25 bits per heavy atom. The number of allylic oxidation sites excluding steroid dienone is 2. The van der Waals surface area contributed by atoms with Crippen molar-refractivity contribution in [2.45, 2.75) is 25.2 Å². The molecule has 5 heteroatoms. The predicted octanol–water partition coefficient (Wildman–Crippen LogP) is 1.50. The van der Waals surface area contributed by atoms with Crippen LogP contribution in [0.25, 0.3) is 0 Å². The predicted molar refractivity (Wildman–Crippen MR) is 70.7 cm³/mol. The zero-order valence-electron chi connectivity index (χ0n) is 11.3. The molecular formula is C15H15NO4. The maximum Gasteiger partial charge on any atom is 0.322 e. The number of carbonyl (C=O) groups excluding carboxylic acids is 1. The van der Waals surface area contributed by atoms with E-state index in [-0.39, 0.29) is 12.2 Å². The highest BCUT2D eigenvalue weighted by molar-refractivity contribution is 6.12. The highest BCUT2D eigenvalue weighted by Gasteiger charge is 2.55. The van der Waals surface area contributed by atoms with Gasteiger partial charge in [0, 0.05) is 18.4 Å². The van der Waals surface area contributed by atoms with Crippen LogP contribution >= 0.6 is 0 Å². The molecule has 0 radical (unpaired) electrons. The van der Waals surface area contributed by atoms with Crippen LogP contribution < -0.4 is 4.74 Å². The molecule has 2 aliphatic carbocycles. The topological polar surface area (TPSA) is 76.5 Å². The number of pyridine rings is 1. The summed E-state index contributed by atoms with van der Waals surface area (Å²) in [7, 11) is 1.51. The minimum absolute atomic E-state index is 0.221. The lowest BCUT2D eigenvalue weighted by Gasteiger charge is -2.40. The number of ether oxygens (including phenoxy) is 1. The van der Waals surface area contributed by atoms with Crippen molar-refractivity contribution in [1.82, 2.24) is 4.98 Å². The minimum Gasteiger partial charge on any atom is -0.481 e. The normalized spacial score (nSPS) is 27.6. The van der Waals surface area contributed by atoms with E-state index in [0.29, 0.717) is 23.6 Å². The number of carbonyl (C=O) groups is 2. The summed E-state index contributed by atoms with van der Waals surface area (Å²) >= 11 is 0. The molecule has 0 saturated heterocycles. The maximum absolute atomic E-state index is 12.5. The van der Waals surface area contributed by atoms with Crippen LogP contribution in [0.5, 0.6) is 5.88 Å². The van der Waals surface area contributed by atoms with Crippen LogP contribution in [-0.4, -0.2) is 29.0 Å². The molecule has 5 nitrogen and oxygen atoms in total. The molecule has 0 aromatic carbocycles.